The van der Waals surface area contributed by atoms with Crippen LogP contribution in [0.2, 0.25) is 0 Å². The maximum atomic E-state index is 6.16. The van der Waals surface area contributed by atoms with Crippen molar-refractivity contribution in [3.8, 4) is 5.88 Å². The van der Waals surface area contributed by atoms with Crippen LogP contribution in [0.25, 0.3) is 0 Å². The lowest BCUT2D eigenvalue weighted by atomic mass is 10.1. The molecule has 0 atom stereocenters. The number of nitrogens with one attached hydrogen (secondary N) is 1. The quantitative estimate of drug-likeness (QED) is 0.801. The molecule has 1 fully saturated rings. The molecule has 1 heterocycles. The average molecular weight is 276 g/mol. The van der Waals surface area contributed by atoms with E-state index in [4.69, 9.17) is 4.74 Å². The van der Waals surface area contributed by atoms with Gasteiger partial charge in [0.05, 0.1) is 0 Å². The molecule has 0 saturated heterocycles. The summed E-state index contributed by atoms with van der Waals surface area (Å²) in [7, 11) is 0. The smallest absolute Gasteiger partial charge is 0.214 e. The zero-order chi connectivity index (χ0) is 14.2. The van der Waals surface area contributed by atoms with Gasteiger partial charge < -0.3 is 10.1 Å². The highest BCUT2D eigenvalue weighted by Gasteiger charge is 2.15. The first-order valence-electron chi connectivity index (χ1n) is 8.19. The second kappa shape index (κ2) is 8.25. The van der Waals surface area contributed by atoms with Crippen LogP contribution in [0.4, 0.5) is 0 Å². The fourth-order valence-corrected chi connectivity index (χ4v) is 2.76. The Kier molecular flexibility index (Phi) is 6.31. The summed E-state index contributed by atoms with van der Waals surface area (Å²) in [6.45, 7) is 6.16. The van der Waals surface area contributed by atoms with Crippen LogP contribution in [0.1, 0.15) is 63.6 Å². The lowest BCUT2D eigenvalue weighted by molar-refractivity contribution is 0.175. The summed E-state index contributed by atoms with van der Waals surface area (Å²) in [6, 6.07) is 4.29. The number of aryl methyl sites for hydroxylation is 1. The largest absolute Gasteiger partial charge is 0.474 e. The van der Waals surface area contributed by atoms with E-state index in [9.17, 15) is 0 Å². The first-order valence-corrected chi connectivity index (χ1v) is 8.19. The van der Waals surface area contributed by atoms with Gasteiger partial charge in [-0.3, -0.25) is 0 Å². The Bertz CT molecular complexity index is 398. The summed E-state index contributed by atoms with van der Waals surface area (Å²) in [5.74, 6) is 0.823. The van der Waals surface area contributed by atoms with Gasteiger partial charge in [0, 0.05) is 18.3 Å². The summed E-state index contributed by atoms with van der Waals surface area (Å²) >= 11 is 0. The highest BCUT2D eigenvalue weighted by molar-refractivity contribution is 5.25. The molecule has 3 nitrogen and oxygen atoms in total. The third-order valence-corrected chi connectivity index (χ3v) is 3.95. The molecule has 0 aliphatic heterocycles. The molecule has 0 aromatic carbocycles. The zero-order valence-corrected chi connectivity index (χ0v) is 13.0. The molecule has 112 valence electrons. The van der Waals surface area contributed by atoms with Crippen LogP contribution in [-0.2, 0) is 13.0 Å². The third kappa shape index (κ3) is 4.78. The van der Waals surface area contributed by atoms with E-state index in [0.29, 0.717) is 6.10 Å². The molecule has 0 spiro atoms. The van der Waals surface area contributed by atoms with Crippen molar-refractivity contribution in [1.29, 1.82) is 0 Å². The molecule has 0 unspecified atom stereocenters. The van der Waals surface area contributed by atoms with Gasteiger partial charge in [-0.15, -0.1) is 0 Å². The molecule has 0 bridgehead atoms. The minimum atomic E-state index is 0.365. The molecule has 20 heavy (non-hydrogen) atoms. The Balaban J connectivity index is 2.04. The Labute approximate surface area is 123 Å². The minimum Gasteiger partial charge on any atom is -0.474 e. The van der Waals surface area contributed by atoms with Gasteiger partial charge >= 0.3 is 0 Å². The highest BCUT2D eigenvalue weighted by Crippen LogP contribution is 2.23. The molecule has 1 aliphatic rings. The van der Waals surface area contributed by atoms with Gasteiger partial charge in [0.1, 0.15) is 6.10 Å². The van der Waals surface area contributed by atoms with E-state index < -0.39 is 0 Å². The second-order valence-corrected chi connectivity index (χ2v) is 5.67. The van der Waals surface area contributed by atoms with E-state index >= 15 is 0 Å². The SMILES string of the molecule is CCNCc1cc(CC)nc(OC2CCCCCC2)c1. The van der Waals surface area contributed by atoms with Gasteiger partial charge in [-0.1, -0.05) is 26.7 Å². The maximum Gasteiger partial charge on any atom is 0.214 e. The third-order valence-electron chi connectivity index (χ3n) is 3.95. The van der Waals surface area contributed by atoms with Crippen molar-refractivity contribution in [2.24, 2.45) is 0 Å². The van der Waals surface area contributed by atoms with Crippen LogP contribution in [0.15, 0.2) is 12.1 Å². The molecule has 1 aromatic heterocycles. The molecule has 1 aromatic rings. The summed E-state index contributed by atoms with van der Waals surface area (Å²) in [5, 5.41) is 3.37. The first-order chi connectivity index (χ1) is 9.81. The van der Waals surface area contributed by atoms with E-state index in [1.165, 1.54) is 44.1 Å². The van der Waals surface area contributed by atoms with E-state index in [1.54, 1.807) is 0 Å². The molecule has 2 rings (SSSR count). The summed E-state index contributed by atoms with van der Waals surface area (Å²) in [6.07, 6.45) is 8.98. The van der Waals surface area contributed by atoms with Crippen molar-refractivity contribution in [2.75, 3.05) is 6.54 Å². The van der Waals surface area contributed by atoms with Gasteiger partial charge in [0.25, 0.3) is 0 Å². The zero-order valence-electron chi connectivity index (χ0n) is 13.0. The van der Waals surface area contributed by atoms with Crippen LogP contribution >= 0.6 is 0 Å². The van der Waals surface area contributed by atoms with Gasteiger partial charge in [-0.05, 0) is 50.3 Å². The molecule has 0 radical (unpaired) electrons. The minimum absolute atomic E-state index is 0.365. The number of hydrogen-bond acceptors (Lipinski definition) is 3. The molecular formula is C17H28N2O. The van der Waals surface area contributed by atoms with Crippen LogP contribution in [0.5, 0.6) is 5.88 Å². The normalized spacial score (nSPS) is 16.9. The van der Waals surface area contributed by atoms with Crippen LogP contribution in [0, 0.1) is 0 Å². The number of ether oxygens (including phenoxy) is 1. The highest BCUT2D eigenvalue weighted by atomic mass is 16.5. The predicted octanol–water partition coefficient (Wildman–Crippen LogP) is 3.86. The van der Waals surface area contributed by atoms with Gasteiger partial charge in [0.2, 0.25) is 5.88 Å². The van der Waals surface area contributed by atoms with Gasteiger partial charge in [-0.25, -0.2) is 4.98 Å². The first kappa shape index (κ1) is 15.3. The Hall–Kier alpha value is -1.09. The van der Waals surface area contributed by atoms with Crippen molar-refractivity contribution >= 4 is 0 Å². The maximum absolute atomic E-state index is 6.16. The average Bonchev–Trinajstić information content (AvgIpc) is 2.73. The second-order valence-electron chi connectivity index (χ2n) is 5.67. The number of rotatable bonds is 6. The van der Waals surface area contributed by atoms with Crippen molar-refractivity contribution < 1.29 is 4.74 Å². The molecule has 3 heteroatoms. The monoisotopic (exact) mass is 276 g/mol. The van der Waals surface area contributed by atoms with Crippen molar-refractivity contribution in [2.45, 2.75) is 71.4 Å². The van der Waals surface area contributed by atoms with Crippen molar-refractivity contribution in [3.05, 3.63) is 23.4 Å². The van der Waals surface area contributed by atoms with Crippen molar-refractivity contribution in [1.82, 2.24) is 10.3 Å². The van der Waals surface area contributed by atoms with E-state index in [2.05, 4.69) is 36.3 Å². The fraction of sp³-hybridized carbons (Fsp3) is 0.706. The fourth-order valence-electron chi connectivity index (χ4n) is 2.76. The van der Waals surface area contributed by atoms with Gasteiger partial charge in [-0.2, -0.15) is 0 Å². The molecule has 1 N–H and O–H groups in total. The van der Waals surface area contributed by atoms with Crippen molar-refractivity contribution in [3.63, 3.8) is 0 Å². The lowest BCUT2D eigenvalue weighted by Crippen LogP contribution is -2.17. The Morgan fingerprint density at radius 1 is 1.15 bits per heavy atom. The standard InChI is InChI=1S/C17H28N2O/c1-3-15-11-14(13-18-4-2)12-17(19-15)20-16-9-7-5-6-8-10-16/h11-12,16,18H,3-10,13H2,1-2H3. The Morgan fingerprint density at radius 2 is 1.90 bits per heavy atom. The van der Waals surface area contributed by atoms with Gasteiger partial charge in [0.15, 0.2) is 0 Å². The number of nitrogens with zero attached hydrogens (tertiary/aromatic N) is 1. The number of aromatic nitrogens is 1. The van der Waals surface area contributed by atoms with E-state index in [-0.39, 0.29) is 0 Å². The van der Waals surface area contributed by atoms with E-state index in [0.717, 1.165) is 31.1 Å². The summed E-state index contributed by atoms with van der Waals surface area (Å²) in [4.78, 5) is 4.63. The molecule has 1 aliphatic carbocycles. The number of hydrogen-bond donors (Lipinski definition) is 1. The van der Waals surface area contributed by atoms with Crippen LogP contribution in [0.3, 0.4) is 0 Å². The summed E-state index contributed by atoms with van der Waals surface area (Å²) < 4.78 is 6.16. The summed E-state index contributed by atoms with van der Waals surface area (Å²) in [5.41, 5.74) is 2.41. The lowest BCUT2D eigenvalue weighted by Gasteiger charge is -2.17. The van der Waals surface area contributed by atoms with Crippen LogP contribution in [-0.4, -0.2) is 17.6 Å². The van der Waals surface area contributed by atoms with E-state index in [1.807, 2.05) is 0 Å². The topological polar surface area (TPSA) is 34.2 Å². The molecular weight excluding hydrogens is 248 g/mol. The molecule has 0 amide bonds. The Morgan fingerprint density at radius 3 is 2.55 bits per heavy atom. The molecule has 1 saturated carbocycles. The predicted molar refractivity (Wildman–Crippen MR) is 83.1 cm³/mol. The number of pyridine rings is 1. The van der Waals surface area contributed by atoms with Crippen LogP contribution < -0.4 is 10.1 Å².